The third-order valence-electron chi connectivity index (χ3n) is 3.47. The molecule has 0 fully saturated rings. The maximum absolute atomic E-state index is 2.18. The second-order valence-corrected chi connectivity index (χ2v) is 4.78. The summed E-state index contributed by atoms with van der Waals surface area (Å²) in [7, 11) is 4.12. The van der Waals surface area contributed by atoms with Crippen LogP contribution in [0.3, 0.4) is 0 Å². The average molecular weight is 249 g/mol. The van der Waals surface area contributed by atoms with E-state index in [0.717, 1.165) is 0 Å². The number of aryl methyl sites for hydroxylation is 2. The molecule has 1 heterocycles. The van der Waals surface area contributed by atoms with Gasteiger partial charge < -0.3 is 0 Å². The fourth-order valence-corrected chi connectivity index (χ4v) is 2.40. The van der Waals surface area contributed by atoms with Gasteiger partial charge in [-0.15, -0.1) is 0 Å². The third-order valence-corrected chi connectivity index (χ3v) is 3.47. The largest absolute Gasteiger partial charge is 0.280 e. The number of nitrogens with zero attached hydrogens (tertiary/aromatic N) is 2. The molecule has 0 aliphatic heterocycles. The lowest BCUT2D eigenvalue weighted by Crippen LogP contribution is -2.29. The molecule has 94 valence electrons. The van der Waals surface area contributed by atoms with Crippen LogP contribution in [0.5, 0.6) is 0 Å². The molecule has 19 heavy (non-hydrogen) atoms. The van der Waals surface area contributed by atoms with Crippen molar-refractivity contribution in [2.75, 3.05) is 0 Å². The van der Waals surface area contributed by atoms with E-state index in [1.165, 1.54) is 22.2 Å². The molecule has 3 aromatic rings. The third kappa shape index (κ3) is 2.17. The molecule has 0 unspecified atom stereocenters. The predicted octanol–water partition coefficient (Wildman–Crippen LogP) is 3.17. The summed E-state index contributed by atoms with van der Waals surface area (Å²) in [6, 6.07) is 14.9. The molecule has 0 aliphatic rings. The Bertz CT molecular complexity index is 726. The first-order valence-electron chi connectivity index (χ1n) is 6.42. The lowest BCUT2D eigenvalue weighted by atomic mass is 10.0. The Labute approximate surface area is 113 Å². The van der Waals surface area contributed by atoms with Crippen molar-refractivity contribution < 1.29 is 4.57 Å². The summed E-state index contributed by atoms with van der Waals surface area (Å²) in [5, 5.41) is 2.57. The predicted molar refractivity (Wildman–Crippen MR) is 79.5 cm³/mol. The van der Waals surface area contributed by atoms with Gasteiger partial charge in [0.1, 0.15) is 12.4 Å². The van der Waals surface area contributed by atoms with Crippen LogP contribution in [0.1, 0.15) is 11.4 Å². The van der Waals surface area contributed by atoms with Crippen LogP contribution in [0.4, 0.5) is 0 Å². The quantitative estimate of drug-likeness (QED) is 0.617. The standard InChI is InChI=1S/C17H17N2/c1-18-12-13-19(2)17(18)11-10-15-8-5-7-14-6-3-4-9-16(14)15/h3-13H,1-2H3/q+1. The first-order chi connectivity index (χ1) is 9.25. The van der Waals surface area contributed by atoms with Gasteiger partial charge in [0.2, 0.25) is 0 Å². The smallest absolute Gasteiger partial charge is 0.233 e. The van der Waals surface area contributed by atoms with Crippen molar-refractivity contribution in [3.63, 3.8) is 0 Å². The van der Waals surface area contributed by atoms with Gasteiger partial charge >= 0.3 is 0 Å². The van der Waals surface area contributed by atoms with Crippen molar-refractivity contribution in [3.8, 4) is 0 Å². The highest BCUT2D eigenvalue weighted by Crippen LogP contribution is 2.20. The number of imidazole rings is 1. The number of aromatic nitrogens is 2. The Morgan fingerprint density at radius 3 is 2.58 bits per heavy atom. The topological polar surface area (TPSA) is 8.81 Å². The Kier molecular flexibility index (Phi) is 2.92. The summed E-state index contributed by atoms with van der Waals surface area (Å²) in [6.07, 6.45) is 8.45. The van der Waals surface area contributed by atoms with Crippen molar-refractivity contribution in [3.05, 3.63) is 66.2 Å². The molecule has 0 spiro atoms. The zero-order valence-corrected chi connectivity index (χ0v) is 11.2. The van der Waals surface area contributed by atoms with E-state index in [1.807, 2.05) is 0 Å². The number of hydrogen-bond donors (Lipinski definition) is 0. The second-order valence-electron chi connectivity index (χ2n) is 4.78. The number of benzene rings is 2. The lowest BCUT2D eigenvalue weighted by Gasteiger charge is -2.01. The highest BCUT2D eigenvalue weighted by atomic mass is 15.1. The van der Waals surface area contributed by atoms with Crippen LogP contribution in [-0.2, 0) is 14.1 Å². The minimum absolute atomic E-state index is 1.17. The molecular weight excluding hydrogens is 232 g/mol. The minimum atomic E-state index is 1.17. The number of rotatable bonds is 2. The molecule has 3 rings (SSSR count). The van der Waals surface area contributed by atoms with Crippen LogP contribution in [0.15, 0.2) is 54.9 Å². The van der Waals surface area contributed by atoms with Gasteiger partial charge in [-0.05, 0) is 22.4 Å². The van der Waals surface area contributed by atoms with Gasteiger partial charge in [0, 0.05) is 6.08 Å². The molecule has 0 aliphatic carbocycles. The molecule has 0 bridgehead atoms. The van der Waals surface area contributed by atoms with Gasteiger partial charge in [0.25, 0.3) is 5.82 Å². The maximum atomic E-state index is 2.18. The summed E-state index contributed by atoms with van der Waals surface area (Å²) in [6.45, 7) is 0. The first kappa shape index (κ1) is 11.7. The second kappa shape index (κ2) is 4.73. The summed E-state index contributed by atoms with van der Waals surface area (Å²) in [4.78, 5) is 0. The molecule has 0 N–H and O–H groups in total. The van der Waals surface area contributed by atoms with E-state index in [1.54, 1.807) is 0 Å². The van der Waals surface area contributed by atoms with Crippen LogP contribution < -0.4 is 4.57 Å². The number of fused-ring (bicyclic) bond motifs is 1. The van der Waals surface area contributed by atoms with Gasteiger partial charge in [-0.2, -0.15) is 0 Å². The summed E-state index contributed by atoms with van der Waals surface area (Å²) in [5.74, 6) is 1.17. The zero-order valence-electron chi connectivity index (χ0n) is 11.2. The van der Waals surface area contributed by atoms with E-state index in [0.29, 0.717) is 0 Å². The van der Waals surface area contributed by atoms with E-state index in [4.69, 9.17) is 0 Å². The normalized spacial score (nSPS) is 11.5. The highest BCUT2D eigenvalue weighted by molar-refractivity contribution is 5.92. The Morgan fingerprint density at radius 2 is 1.79 bits per heavy atom. The Balaban J connectivity index is 2.07. The Hall–Kier alpha value is -2.35. The molecule has 2 aromatic carbocycles. The molecule has 0 atom stereocenters. The van der Waals surface area contributed by atoms with Crippen molar-refractivity contribution in [2.45, 2.75) is 0 Å². The van der Waals surface area contributed by atoms with E-state index in [9.17, 15) is 0 Å². The van der Waals surface area contributed by atoms with Gasteiger partial charge in [-0.25, -0.2) is 9.13 Å². The summed E-state index contributed by atoms with van der Waals surface area (Å²) in [5.41, 5.74) is 1.25. The molecule has 1 aromatic heterocycles. The van der Waals surface area contributed by atoms with E-state index in [-0.39, 0.29) is 0 Å². The van der Waals surface area contributed by atoms with Crippen molar-refractivity contribution in [1.29, 1.82) is 0 Å². The summed E-state index contributed by atoms with van der Waals surface area (Å²) < 4.78 is 4.23. The van der Waals surface area contributed by atoms with Gasteiger partial charge in [-0.1, -0.05) is 42.5 Å². The van der Waals surface area contributed by atoms with Crippen LogP contribution in [0, 0.1) is 0 Å². The maximum Gasteiger partial charge on any atom is 0.280 e. The first-order valence-corrected chi connectivity index (χ1v) is 6.42. The van der Waals surface area contributed by atoms with Gasteiger partial charge in [-0.3, -0.25) is 0 Å². The van der Waals surface area contributed by atoms with Crippen molar-refractivity contribution >= 4 is 22.9 Å². The highest BCUT2D eigenvalue weighted by Gasteiger charge is 2.06. The van der Waals surface area contributed by atoms with Crippen LogP contribution in [-0.4, -0.2) is 4.57 Å². The minimum Gasteiger partial charge on any atom is -0.233 e. The van der Waals surface area contributed by atoms with E-state index < -0.39 is 0 Å². The monoisotopic (exact) mass is 249 g/mol. The SMILES string of the molecule is Cn1cc[n+](C)c1C=Cc1cccc2ccccc12. The van der Waals surface area contributed by atoms with Crippen molar-refractivity contribution in [1.82, 2.24) is 4.57 Å². The molecule has 0 radical (unpaired) electrons. The molecule has 2 heteroatoms. The molecule has 0 amide bonds. The molecule has 0 saturated heterocycles. The van der Waals surface area contributed by atoms with Crippen LogP contribution in [0.25, 0.3) is 22.9 Å². The zero-order chi connectivity index (χ0) is 13.2. The van der Waals surface area contributed by atoms with Crippen molar-refractivity contribution in [2.24, 2.45) is 14.1 Å². The van der Waals surface area contributed by atoms with E-state index >= 15 is 0 Å². The average Bonchev–Trinajstić information content (AvgIpc) is 2.76. The molecule has 0 saturated carbocycles. The fraction of sp³-hybridized carbons (Fsp3) is 0.118. The van der Waals surface area contributed by atoms with Gasteiger partial charge in [0.05, 0.1) is 14.1 Å². The van der Waals surface area contributed by atoms with Crippen LogP contribution >= 0.6 is 0 Å². The van der Waals surface area contributed by atoms with E-state index in [2.05, 4.69) is 90.2 Å². The summed E-state index contributed by atoms with van der Waals surface area (Å²) >= 11 is 0. The number of hydrogen-bond acceptors (Lipinski definition) is 0. The molecular formula is C17H17N2+. The Morgan fingerprint density at radius 1 is 1.00 bits per heavy atom. The fourth-order valence-electron chi connectivity index (χ4n) is 2.40. The molecule has 2 nitrogen and oxygen atoms in total. The lowest BCUT2D eigenvalue weighted by molar-refractivity contribution is -0.672. The van der Waals surface area contributed by atoms with Crippen LogP contribution in [0.2, 0.25) is 0 Å². The van der Waals surface area contributed by atoms with Gasteiger partial charge in [0.15, 0.2) is 0 Å².